The van der Waals surface area contributed by atoms with Crippen molar-refractivity contribution in [2.75, 3.05) is 16.0 Å². The van der Waals surface area contributed by atoms with Crippen LogP contribution in [0.3, 0.4) is 0 Å². The van der Waals surface area contributed by atoms with Gasteiger partial charge in [0.25, 0.3) is 5.22 Å². The molecule has 0 aliphatic heterocycles. The minimum Gasteiger partial charge on any atom is -0.411 e. The zero-order chi connectivity index (χ0) is 22.3. The van der Waals surface area contributed by atoms with E-state index in [0.29, 0.717) is 16.8 Å². The number of nitrogens with zero attached hydrogens (tertiary/aromatic N) is 3. The summed E-state index contributed by atoms with van der Waals surface area (Å²) in [5.74, 6) is 0.232. The first kappa shape index (κ1) is 21.3. The second-order valence-electron chi connectivity index (χ2n) is 6.82. The third-order valence-corrected chi connectivity index (χ3v) is 5.26. The van der Waals surface area contributed by atoms with Crippen molar-refractivity contribution in [3.05, 3.63) is 84.9 Å². The number of hydrogen-bond donors (Lipinski definition) is 1. The summed E-state index contributed by atoms with van der Waals surface area (Å²) in [5.41, 5.74) is 2.98. The predicted molar refractivity (Wildman–Crippen MR) is 125 cm³/mol. The van der Waals surface area contributed by atoms with Gasteiger partial charge in [-0.15, -0.1) is 10.2 Å². The molecule has 0 fully saturated rings. The Morgan fingerprint density at radius 3 is 2.03 bits per heavy atom. The van der Waals surface area contributed by atoms with Gasteiger partial charge in [-0.2, -0.15) is 0 Å². The van der Waals surface area contributed by atoms with Gasteiger partial charge in [0, 0.05) is 29.5 Å². The standard InChI is InChI=1S/C24H20N4O3S/c1-17(29)25-19-14-12-18(13-15-19)23-26-27-24(31-23)32-16-22(30)28(20-8-4-2-5-9-20)21-10-6-3-7-11-21/h2-15H,16H2,1H3,(H,25,29). The first-order valence-corrected chi connectivity index (χ1v) is 10.9. The van der Waals surface area contributed by atoms with Crippen LogP contribution < -0.4 is 10.2 Å². The molecule has 7 nitrogen and oxygen atoms in total. The lowest BCUT2D eigenvalue weighted by molar-refractivity contribution is -0.115. The highest BCUT2D eigenvalue weighted by Crippen LogP contribution is 2.28. The SMILES string of the molecule is CC(=O)Nc1ccc(-c2nnc(SCC(=O)N(c3ccccc3)c3ccccc3)o2)cc1. The topological polar surface area (TPSA) is 88.3 Å². The Morgan fingerprint density at radius 2 is 1.47 bits per heavy atom. The summed E-state index contributed by atoms with van der Waals surface area (Å²) in [6.45, 7) is 1.45. The molecule has 0 aliphatic rings. The summed E-state index contributed by atoms with van der Waals surface area (Å²) >= 11 is 1.18. The Balaban J connectivity index is 1.45. The van der Waals surface area contributed by atoms with Gasteiger partial charge in [0.05, 0.1) is 5.75 Å². The van der Waals surface area contributed by atoms with E-state index in [1.54, 1.807) is 29.2 Å². The molecular weight excluding hydrogens is 424 g/mol. The molecule has 0 unspecified atom stereocenters. The molecule has 0 aliphatic carbocycles. The van der Waals surface area contributed by atoms with Gasteiger partial charge in [-0.1, -0.05) is 48.2 Å². The monoisotopic (exact) mass is 444 g/mol. The number of amides is 2. The quantitative estimate of drug-likeness (QED) is 0.397. The second kappa shape index (κ2) is 9.93. The molecule has 0 saturated carbocycles. The number of hydrogen-bond acceptors (Lipinski definition) is 6. The fourth-order valence-electron chi connectivity index (χ4n) is 3.06. The number of nitrogens with one attached hydrogen (secondary N) is 1. The average molecular weight is 445 g/mol. The summed E-state index contributed by atoms with van der Waals surface area (Å²) in [5, 5.41) is 11.1. The molecule has 1 heterocycles. The van der Waals surface area contributed by atoms with E-state index in [-0.39, 0.29) is 17.6 Å². The Morgan fingerprint density at radius 1 is 0.875 bits per heavy atom. The van der Waals surface area contributed by atoms with Gasteiger partial charge in [0.15, 0.2) is 0 Å². The van der Waals surface area contributed by atoms with Crippen LogP contribution in [0.15, 0.2) is 94.6 Å². The maximum absolute atomic E-state index is 13.1. The highest BCUT2D eigenvalue weighted by atomic mass is 32.2. The number of aromatic nitrogens is 2. The van der Waals surface area contributed by atoms with Crippen molar-refractivity contribution >= 4 is 40.6 Å². The molecule has 1 N–H and O–H groups in total. The molecule has 0 bridgehead atoms. The highest BCUT2D eigenvalue weighted by Gasteiger charge is 2.19. The average Bonchev–Trinajstić information content (AvgIpc) is 3.29. The zero-order valence-corrected chi connectivity index (χ0v) is 18.1. The van der Waals surface area contributed by atoms with Crippen LogP contribution in [0.2, 0.25) is 0 Å². The van der Waals surface area contributed by atoms with Crippen LogP contribution in [0.25, 0.3) is 11.5 Å². The number of rotatable bonds is 7. The molecule has 0 radical (unpaired) electrons. The molecule has 0 atom stereocenters. The minimum absolute atomic E-state index is 0.105. The summed E-state index contributed by atoms with van der Waals surface area (Å²) in [6.07, 6.45) is 0. The normalized spacial score (nSPS) is 10.5. The van der Waals surface area contributed by atoms with E-state index in [4.69, 9.17) is 4.42 Å². The van der Waals surface area contributed by atoms with Crippen LogP contribution in [0.1, 0.15) is 6.92 Å². The minimum atomic E-state index is -0.140. The van der Waals surface area contributed by atoms with Crippen LogP contribution >= 0.6 is 11.8 Å². The molecule has 8 heteroatoms. The molecule has 0 spiro atoms. The third-order valence-electron chi connectivity index (χ3n) is 4.46. The van der Waals surface area contributed by atoms with Crippen molar-refractivity contribution in [2.45, 2.75) is 12.1 Å². The lowest BCUT2D eigenvalue weighted by atomic mass is 10.2. The maximum atomic E-state index is 13.1. The molecular formula is C24H20N4O3S. The summed E-state index contributed by atoms with van der Waals surface area (Å²) in [6, 6.07) is 26.1. The van der Waals surface area contributed by atoms with Crippen molar-refractivity contribution in [3.8, 4) is 11.5 Å². The van der Waals surface area contributed by atoms with Crippen LogP contribution in [0.5, 0.6) is 0 Å². The zero-order valence-electron chi connectivity index (χ0n) is 17.3. The molecule has 4 aromatic rings. The van der Waals surface area contributed by atoms with Crippen molar-refractivity contribution in [2.24, 2.45) is 0 Å². The molecule has 32 heavy (non-hydrogen) atoms. The third kappa shape index (κ3) is 5.22. The van der Waals surface area contributed by atoms with Crippen molar-refractivity contribution < 1.29 is 14.0 Å². The lowest BCUT2D eigenvalue weighted by Gasteiger charge is -2.22. The summed E-state index contributed by atoms with van der Waals surface area (Å²) in [7, 11) is 0. The molecule has 2 amide bonds. The first-order chi connectivity index (χ1) is 15.6. The summed E-state index contributed by atoms with van der Waals surface area (Å²) in [4.78, 5) is 25.9. The van der Waals surface area contributed by atoms with Crippen molar-refractivity contribution in [3.63, 3.8) is 0 Å². The lowest BCUT2D eigenvalue weighted by Crippen LogP contribution is -2.27. The van der Waals surface area contributed by atoms with Gasteiger partial charge in [-0.05, 0) is 48.5 Å². The van der Waals surface area contributed by atoms with E-state index in [1.807, 2.05) is 60.7 Å². The van der Waals surface area contributed by atoms with E-state index >= 15 is 0 Å². The Bertz CT molecular complexity index is 1160. The van der Waals surface area contributed by atoms with E-state index in [9.17, 15) is 9.59 Å². The molecule has 4 rings (SSSR count). The number of para-hydroxylation sites is 2. The molecule has 0 saturated heterocycles. The van der Waals surface area contributed by atoms with Crippen LogP contribution in [0, 0.1) is 0 Å². The van der Waals surface area contributed by atoms with Gasteiger partial charge in [0.2, 0.25) is 17.7 Å². The number of thioether (sulfide) groups is 1. The number of carbonyl (C=O) groups is 2. The largest absolute Gasteiger partial charge is 0.411 e. The molecule has 1 aromatic heterocycles. The number of carbonyl (C=O) groups excluding carboxylic acids is 2. The second-order valence-corrected chi connectivity index (χ2v) is 7.75. The van der Waals surface area contributed by atoms with Gasteiger partial charge in [0.1, 0.15) is 0 Å². The van der Waals surface area contributed by atoms with Gasteiger partial charge >= 0.3 is 0 Å². The Hall–Kier alpha value is -3.91. The molecule has 3 aromatic carbocycles. The Kier molecular flexibility index (Phi) is 6.62. The van der Waals surface area contributed by atoms with Crippen LogP contribution in [-0.4, -0.2) is 27.8 Å². The fourth-order valence-corrected chi connectivity index (χ4v) is 3.68. The van der Waals surface area contributed by atoms with Crippen molar-refractivity contribution in [1.82, 2.24) is 10.2 Å². The van der Waals surface area contributed by atoms with E-state index in [1.165, 1.54) is 18.7 Å². The molecule has 160 valence electrons. The fraction of sp³-hybridized carbons (Fsp3) is 0.0833. The van der Waals surface area contributed by atoms with Crippen LogP contribution in [0.4, 0.5) is 17.1 Å². The van der Waals surface area contributed by atoms with Gasteiger partial charge < -0.3 is 9.73 Å². The van der Waals surface area contributed by atoms with Crippen LogP contribution in [-0.2, 0) is 9.59 Å². The van der Waals surface area contributed by atoms with Gasteiger partial charge in [-0.25, -0.2) is 0 Å². The Labute approximate surface area is 189 Å². The maximum Gasteiger partial charge on any atom is 0.277 e. The van der Waals surface area contributed by atoms with E-state index in [2.05, 4.69) is 15.5 Å². The van der Waals surface area contributed by atoms with E-state index < -0.39 is 0 Å². The van der Waals surface area contributed by atoms with E-state index in [0.717, 1.165) is 16.9 Å². The summed E-state index contributed by atoms with van der Waals surface area (Å²) < 4.78 is 5.71. The smallest absolute Gasteiger partial charge is 0.277 e. The highest BCUT2D eigenvalue weighted by molar-refractivity contribution is 7.99. The predicted octanol–water partition coefficient (Wildman–Crippen LogP) is 5.15. The number of anilines is 3. The first-order valence-electron chi connectivity index (χ1n) is 9.87. The van der Waals surface area contributed by atoms with Gasteiger partial charge in [-0.3, -0.25) is 14.5 Å². The van der Waals surface area contributed by atoms with Crippen molar-refractivity contribution in [1.29, 1.82) is 0 Å². The number of benzene rings is 3.